The molecule has 0 spiro atoms. The van der Waals surface area contributed by atoms with Crippen LogP contribution >= 0.6 is 0 Å². The summed E-state index contributed by atoms with van der Waals surface area (Å²) in [4.78, 5) is 4.35. The first-order valence-electron chi connectivity index (χ1n) is 8.92. The molecule has 1 atom stereocenters. The molecule has 2 N–H and O–H groups in total. The standard InChI is InChI=1S/C17H33N3O2/c1-3-21-12-10-17(8-4-5-9-17)14-20-16(18-2)19-13-15-7-6-11-22-15/h15H,3-14H2,1-2H3,(H2,18,19,20). The van der Waals surface area contributed by atoms with Crippen LogP contribution in [0.25, 0.3) is 0 Å². The van der Waals surface area contributed by atoms with E-state index in [-0.39, 0.29) is 0 Å². The molecule has 2 fully saturated rings. The van der Waals surface area contributed by atoms with Gasteiger partial charge in [0.05, 0.1) is 6.10 Å². The lowest BCUT2D eigenvalue weighted by Gasteiger charge is -2.30. The minimum absolute atomic E-state index is 0.344. The summed E-state index contributed by atoms with van der Waals surface area (Å²) in [5, 5.41) is 6.93. The van der Waals surface area contributed by atoms with E-state index >= 15 is 0 Å². The first-order chi connectivity index (χ1) is 10.8. The van der Waals surface area contributed by atoms with Crippen molar-refractivity contribution in [2.45, 2.75) is 58.0 Å². The maximum atomic E-state index is 5.65. The zero-order valence-corrected chi connectivity index (χ0v) is 14.3. The molecular formula is C17H33N3O2. The van der Waals surface area contributed by atoms with Gasteiger partial charge >= 0.3 is 0 Å². The average Bonchev–Trinajstić information content (AvgIpc) is 3.20. The van der Waals surface area contributed by atoms with E-state index in [1.54, 1.807) is 0 Å². The lowest BCUT2D eigenvalue weighted by Crippen LogP contribution is -2.45. The van der Waals surface area contributed by atoms with Crippen LogP contribution in [-0.2, 0) is 9.47 Å². The van der Waals surface area contributed by atoms with E-state index in [4.69, 9.17) is 9.47 Å². The SMILES string of the molecule is CCOCCC1(CNC(=NC)NCC2CCCO2)CCCC1. The third-order valence-electron chi connectivity index (χ3n) is 5.02. The molecule has 1 saturated carbocycles. The molecule has 1 aliphatic heterocycles. The molecule has 0 bridgehead atoms. The van der Waals surface area contributed by atoms with Crippen molar-refractivity contribution in [1.82, 2.24) is 10.6 Å². The van der Waals surface area contributed by atoms with Gasteiger partial charge in [-0.1, -0.05) is 12.8 Å². The van der Waals surface area contributed by atoms with E-state index in [1.807, 2.05) is 7.05 Å². The quantitative estimate of drug-likeness (QED) is 0.410. The highest BCUT2D eigenvalue weighted by Gasteiger charge is 2.33. The molecule has 0 amide bonds. The fourth-order valence-electron chi connectivity index (χ4n) is 3.58. The van der Waals surface area contributed by atoms with Gasteiger partial charge < -0.3 is 20.1 Å². The first-order valence-corrected chi connectivity index (χ1v) is 8.92. The third kappa shape index (κ3) is 5.43. The Labute approximate surface area is 135 Å². The second kappa shape index (κ2) is 9.36. The lowest BCUT2D eigenvalue weighted by molar-refractivity contribution is 0.104. The van der Waals surface area contributed by atoms with Crippen LogP contribution < -0.4 is 10.6 Å². The third-order valence-corrected chi connectivity index (χ3v) is 5.02. The van der Waals surface area contributed by atoms with Gasteiger partial charge in [-0.2, -0.15) is 0 Å². The van der Waals surface area contributed by atoms with E-state index in [2.05, 4.69) is 22.5 Å². The molecule has 0 aromatic carbocycles. The van der Waals surface area contributed by atoms with Crippen molar-refractivity contribution in [1.29, 1.82) is 0 Å². The van der Waals surface area contributed by atoms with Gasteiger partial charge in [-0.15, -0.1) is 0 Å². The zero-order chi connectivity index (χ0) is 15.7. The summed E-state index contributed by atoms with van der Waals surface area (Å²) >= 11 is 0. The van der Waals surface area contributed by atoms with Crippen LogP contribution in [-0.4, -0.2) is 52.0 Å². The Morgan fingerprint density at radius 2 is 2.09 bits per heavy atom. The van der Waals surface area contributed by atoms with Crippen molar-refractivity contribution >= 4 is 5.96 Å². The van der Waals surface area contributed by atoms with E-state index in [0.717, 1.165) is 51.7 Å². The fraction of sp³-hybridized carbons (Fsp3) is 0.941. The molecule has 0 radical (unpaired) electrons. The number of hydrogen-bond acceptors (Lipinski definition) is 3. The van der Waals surface area contributed by atoms with Crippen LogP contribution in [0.3, 0.4) is 0 Å². The Morgan fingerprint density at radius 3 is 2.73 bits per heavy atom. The van der Waals surface area contributed by atoms with Crippen LogP contribution in [0.5, 0.6) is 0 Å². The van der Waals surface area contributed by atoms with Gasteiger partial charge in [-0.3, -0.25) is 4.99 Å². The Bertz CT molecular complexity index is 335. The monoisotopic (exact) mass is 311 g/mol. The molecule has 1 heterocycles. The highest BCUT2D eigenvalue weighted by Crippen LogP contribution is 2.40. The van der Waals surface area contributed by atoms with E-state index in [1.165, 1.54) is 32.1 Å². The van der Waals surface area contributed by atoms with Gasteiger partial charge in [0, 0.05) is 40.0 Å². The Kier molecular flexibility index (Phi) is 7.46. The summed E-state index contributed by atoms with van der Waals surface area (Å²) in [6.07, 6.45) is 9.12. The fourth-order valence-corrected chi connectivity index (χ4v) is 3.58. The minimum atomic E-state index is 0.344. The van der Waals surface area contributed by atoms with E-state index in [9.17, 15) is 0 Å². The predicted octanol–water partition coefficient (Wildman–Crippen LogP) is 2.32. The average molecular weight is 311 g/mol. The summed E-state index contributed by atoms with van der Waals surface area (Å²) in [6.45, 7) is 6.50. The summed E-state index contributed by atoms with van der Waals surface area (Å²) < 4.78 is 11.2. The molecule has 1 aliphatic carbocycles. The van der Waals surface area contributed by atoms with Gasteiger partial charge in [0.2, 0.25) is 0 Å². The maximum absolute atomic E-state index is 5.65. The number of guanidine groups is 1. The molecule has 5 heteroatoms. The predicted molar refractivity (Wildman–Crippen MR) is 90.3 cm³/mol. The van der Waals surface area contributed by atoms with Crippen LogP contribution in [0.4, 0.5) is 0 Å². The van der Waals surface area contributed by atoms with Crippen molar-refractivity contribution < 1.29 is 9.47 Å². The minimum Gasteiger partial charge on any atom is -0.382 e. The largest absolute Gasteiger partial charge is 0.382 e. The van der Waals surface area contributed by atoms with Crippen molar-refractivity contribution in [3.63, 3.8) is 0 Å². The summed E-state index contributed by atoms with van der Waals surface area (Å²) in [5.41, 5.74) is 0.386. The van der Waals surface area contributed by atoms with E-state index < -0.39 is 0 Å². The number of nitrogens with one attached hydrogen (secondary N) is 2. The molecule has 0 aromatic heterocycles. The number of nitrogens with zero attached hydrogens (tertiary/aromatic N) is 1. The first kappa shape index (κ1) is 17.5. The van der Waals surface area contributed by atoms with Crippen molar-refractivity contribution in [2.24, 2.45) is 10.4 Å². The van der Waals surface area contributed by atoms with E-state index in [0.29, 0.717) is 11.5 Å². The number of rotatable bonds is 8. The van der Waals surface area contributed by atoms with Crippen molar-refractivity contribution in [3.8, 4) is 0 Å². The second-order valence-electron chi connectivity index (χ2n) is 6.60. The van der Waals surface area contributed by atoms with Gasteiger partial charge in [0.25, 0.3) is 0 Å². The van der Waals surface area contributed by atoms with Crippen LogP contribution in [0.1, 0.15) is 51.9 Å². The summed E-state index contributed by atoms with van der Waals surface area (Å²) in [5.74, 6) is 0.901. The molecule has 2 rings (SSSR count). The lowest BCUT2D eigenvalue weighted by atomic mass is 9.83. The molecule has 2 aliphatic rings. The smallest absolute Gasteiger partial charge is 0.191 e. The normalized spacial score (nSPS) is 24.6. The van der Waals surface area contributed by atoms with Gasteiger partial charge in [0.15, 0.2) is 5.96 Å². The maximum Gasteiger partial charge on any atom is 0.191 e. The molecule has 1 unspecified atom stereocenters. The Balaban J connectivity index is 1.74. The molecular weight excluding hydrogens is 278 g/mol. The van der Waals surface area contributed by atoms with Gasteiger partial charge in [-0.25, -0.2) is 0 Å². The molecule has 1 saturated heterocycles. The van der Waals surface area contributed by atoms with Gasteiger partial charge in [0.1, 0.15) is 0 Å². The number of aliphatic imine (C=N–C) groups is 1. The second-order valence-corrected chi connectivity index (χ2v) is 6.60. The van der Waals surface area contributed by atoms with Crippen LogP contribution in [0.2, 0.25) is 0 Å². The molecule has 0 aromatic rings. The van der Waals surface area contributed by atoms with Crippen molar-refractivity contribution in [2.75, 3.05) is 40.0 Å². The summed E-state index contributed by atoms with van der Waals surface area (Å²) in [6, 6.07) is 0. The van der Waals surface area contributed by atoms with Crippen molar-refractivity contribution in [3.05, 3.63) is 0 Å². The molecule has 5 nitrogen and oxygen atoms in total. The highest BCUT2D eigenvalue weighted by atomic mass is 16.5. The number of ether oxygens (including phenoxy) is 2. The molecule has 22 heavy (non-hydrogen) atoms. The highest BCUT2D eigenvalue weighted by molar-refractivity contribution is 5.79. The number of hydrogen-bond donors (Lipinski definition) is 2. The van der Waals surface area contributed by atoms with Crippen LogP contribution in [0, 0.1) is 5.41 Å². The molecule has 128 valence electrons. The Morgan fingerprint density at radius 1 is 1.27 bits per heavy atom. The summed E-state index contributed by atoms with van der Waals surface area (Å²) in [7, 11) is 1.84. The zero-order valence-electron chi connectivity index (χ0n) is 14.3. The van der Waals surface area contributed by atoms with Gasteiger partial charge in [-0.05, 0) is 44.4 Å². The van der Waals surface area contributed by atoms with Crippen LogP contribution in [0.15, 0.2) is 4.99 Å². The topological polar surface area (TPSA) is 54.9 Å². The Hall–Kier alpha value is -0.810.